The van der Waals surface area contributed by atoms with E-state index in [-0.39, 0.29) is 5.91 Å². The number of hydrogen-bond donors (Lipinski definition) is 2. The van der Waals surface area contributed by atoms with E-state index in [1.165, 1.54) is 25.7 Å². The summed E-state index contributed by atoms with van der Waals surface area (Å²) >= 11 is 1.86. The Labute approximate surface area is 114 Å². The van der Waals surface area contributed by atoms with Gasteiger partial charge in [-0.05, 0) is 24.3 Å². The Bertz CT molecular complexity index is 369. The number of benzene rings is 1. The summed E-state index contributed by atoms with van der Waals surface area (Å²) in [5.74, 6) is 1.59. The Balaban J connectivity index is 2.25. The quantitative estimate of drug-likeness (QED) is 0.531. The van der Waals surface area contributed by atoms with E-state index in [0.717, 1.165) is 17.3 Å². The number of carbonyl (C=O) groups excluding carboxylic acids is 1. The van der Waals surface area contributed by atoms with E-state index >= 15 is 0 Å². The summed E-state index contributed by atoms with van der Waals surface area (Å²) in [6.07, 6.45) is 5.16. The van der Waals surface area contributed by atoms with Gasteiger partial charge in [0.1, 0.15) is 0 Å². The van der Waals surface area contributed by atoms with Crippen LogP contribution in [0.4, 0.5) is 5.69 Å². The van der Waals surface area contributed by atoms with Crippen LogP contribution in [0.5, 0.6) is 0 Å². The molecule has 0 radical (unpaired) electrons. The standard InChI is InChI=1S/C14H22N2OS/c1-2-3-4-7-10-18-11-16-13-9-6-5-8-12(13)14(15)17/h5-6,8-9,16H,2-4,7,10-11H2,1H3,(H2,15,17). The first-order valence-corrected chi connectivity index (χ1v) is 7.61. The molecule has 3 N–H and O–H groups in total. The van der Waals surface area contributed by atoms with E-state index in [4.69, 9.17) is 5.73 Å². The Morgan fingerprint density at radius 2 is 2.06 bits per heavy atom. The lowest BCUT2D eigenvalue weighted by molar-refractivity contribution is 0.100. The van der Waals surface area contributed by atoms with Gasteiger partial charge in [-0.25, -0.2) is 0 Å². The van der Waals surface area contributed by atoms with Gasteiger partial charge in [0.15, 0.2) is 0 Å². The summed E-state index contributed by atoms with van der Waals surface area (Å²) in [6.45, 7) is 2.22. The summed E-state index contributed by atoms with van der Waals surface area (Å²) in [4.78, 5) is 11.2. The van der Waals surface area contributed by atoms with Gasteiger partial charge in [-0.2, -0.15) is 0 Å². The number of primary amides is 1. The number of thioether (sulfide) groups is 1. The van der Waals surface area contributed by atoms with Gasteiger partial charge in [-0.1, -0.05) is 38.3 Å². The first kappa shape index (κ1) is 14.9. The number of unbranched alkanes of at least 4 members (excludes halogenated alkanes) is 3. The Morgan fingerprint density at radius 3 is 2.78 bits per heavy atom. The molecule has 1 amide bonds. The molecule has 0 saturated heterocycles. The van der Waals surface area contributed by atoms with Crippen molar-refractivity contribution in [2.24, 2.45) is 5.73 Å². The zero-order chi connectivity index (χ0) is 13.2. The predicted octanol–water partition coefficient (Wildman–Crippen LogP) is 3.47. The fourth-order valence-electron chi connectivity index (χ4n) is 1.68. The number of para-hydroxylation sites is 1. The van der Waals surface area contributed by atoms with E-state index in [2.05, 4.69) is 12.2 Å². The van der Waals surface area contributed by atoms with Crippen LogP contribution in [0, 0.1) is 0 Å². The van der Waals surface area contributed by atoms with Crippen molar-refractivity contribution in [3.8, 4) is 0 Å². The van der Waals surface area contributed by atoms with E-state index in [9.17, 15) is 4.79 Å². The topological polar surface area (TPSA) is 55.1 Å². The van der Waals surface area contributed by atoms with Crippen LogP contribution in [0.2, 0.25) is 0 Å². The molecule has 0 aliphatic heterocycles. The first-order valence-electron chi connectivity index (χ1n) is 6.46. The number of nitrogens with two attached hydrogens (primary N) is 1. The van der Waals surface area contributed by atoms with Crippen molar-refractivity contribution >= 4 is 23.4 Å². The number of hydrogen-bond acceptors (Lipinski definition) is 3. The van der Waals surface area contributed by atoms with Crippen molar-refractivity contribution in [1.82, 2.24) is 0 Å². The van der Waals surface area contributed by atoms with Crippen molar-refractivity contribution in [1.29, 1.82) is 0 Å². The van der Waals surface area contributed by atoms with Crippen molar-refractivity contribution in [2.45, 2.75) is 32.6 Å². The highest BCUT2D eigenvalue weighted by Crippen LogP contribution is 2.16. The monoisotopic (exact) mass is 266 g/mol. The van der Waals surface area contributed by atoms with Gasteiger partial charge >= 0.3 is 0 Å². The predicted molar refractivity (Wildman–Crippen MR) is 80.0 cm³/mol. The smallest absolute Gasteiger partial charge is 0.250 e. The highest BCUT2D eigenvalue weighted by atomic mass is 32.2. The number of amides is 1. The first-order chi connectivity index (χ1) is 8.75. The van der Waals surface area contributed by atoms with Crippen molar-refractivity contribution in [3.63, 3.8) is 0 Å². The molecule has 0 bridgehead atoms. The molecule has 0 aliphatic rings. The highest BCUT2D eigenvalue weighted by molar-refractivity contribution is 7.99. The fourth-order valence-corrected chi connectivity index (χ4v) is 2.49. The van der Waals surface area contributed by atoms with E-state index in [1.807, 2.05) is 30.0 Å². The van der Waals surface area contributed by atoms with Crippen LogP contribution in [0.1, 0.15) is 43.0 Å². The zero-order valence-electron chi connectivity index (χ0n) is 10.9. The van der Waals surface area contributed by atoms with Crippen molar-refractivity contribution in [3.05, 3.63) is 29.8 Å². The molecule has 0 fully saturated rings. The SMILES string of the molecule is CCCCCCSCNc1ccccc1C(N)=O. The van der Waals surface area contributed by atoms with Gasteiger partial charge in [0, 0.05) is 5.69 Å². The van der Waals surface area contributed by atoms with Crippen LogP contribution >= 0.6 is 11.8 Å². The zero-order valence-corrected chi connectivity index (χ0v) is 11.8. The second-order valence-corrected chi connectivity index (χ2v) is 5.31. The molecule has 0 atom stereocenters. The Hall–Kier alpha value is -1.16. The molecular weight excluding hydrogens is 244 g/mol. The van der Waals surface area contributed by atoms with Crippen LogP contribution < -0.4 is 11.1 Å². The molecule has 0 spiro atoms. The minimum absolute atomic E-state index is 0.383. The molecule has 18 heavy (non-hydrogen) atoms. The summed E-state index contributed by atoms with van der Waals surface area (Å²) in [5.41, 5.74) is 6.70. The van der Waals surface area contributed by atoms with Crippen LogP contribution in [-0.4, -0.2) is 17.5 Å². The molecule has 1 aromatic rings. The molecule has 0 unspecified atom stereocenters. The molecular formula is C14H22N2OS. The molecule has 1 rings (SSSR count). The minimum atomic E-state index is -0.383. The Kier molecular flexibility index (Phi) is 7.34. The second-order valence-electron chi connectivity index (χ2n) is 4.20. The van der Waals surface area contributed by atoms with Gasteiger partial charge in [0.2, 0.25) is 0 Å². The molecule has 100 valence electrons. The summed E-state index contributed by atoms with van der Waals surface area (Å²) in [7, 11) is 0. The normalized spacial score (nSPS) is 10.3. The molecule has 0 saturated carbocycles. The lowest BCUT2D eigenvalue weighted by atomic mass is 10.2. The summed E-state index contributed by atoms with van der Waals surface area (Å²) < 4.78 is 0. The van der Waals surface area contributed by atoms with Crippen molar-refractivity contribution < 1.29 is 4.79 Å². The number of carbonyl (C=O) groups is 1. The highest BCUT2D eigenvalue weighted by Gasteiger charge is 2.05. The van der Waals surface area contributed by atoms with E-state index in [1.54, 1.807) is 6.07 Å². The maximum Gasteiger partial charge on any atom is 0.250 e. The van der Waals surface area contributed by atoms with Crippen LogP contribution in [0.25, 0.3) is 0 Å². The summed E-state index contributed by atoms with van der Waals surface area (Å²) in [6, 6.07) is 7.36. The number of rotatable bonds is 9. The fraction of sp³-hybridized carbons (Fsp3) is 0.500. The number of anilines is 1. The lowest BCUT2D eigenvalue weighted by Gasteiger charge is -2.09. The number of nitrogens with one attached hydrogen (secondary N) is 1. The van der Waals surface area contributed by atoms with Gasteiger partial charge < -0.3 is 11.1 Å². The molecule has 1 aromatic carbocycles. The van der Waals surface area contributed by atoms with Gasteiger partial charge in [-0.15, -0.1) is 11.8 Å². The maximum atomic E-state index is 11.2. The Morgan fingerprint density at radius 1 is 1.28 bits per heavy atom. The third kappa shape index (κ3) is 5.45. The third-order valence-electron chi connectivity index (χ3n) is 2.70. The van der Waals surface area contributed by atoms with Crippen LogP contribution in [-0.2, 0) is 0 Å². The van der Waals surface area contributed by atoms with Gasteiger partial charge in [-0.3, -0.25) is 4.79 Å². The minimum Gasteiger partial charge on any atom is -0.375 e. The van der Waals surface area contributed by atoms with Crippen LogP contribution in [0.3, 0.4) is 0 Å². The summed E-state index contributed by atoms with van der Waals surface area (Å²) in [5, 5.41) is 3.25. The van der Waals surface area contributed by atoms with Crippen molar-refractivity contribution in [2.75, 3.05) is 16.9 Å². The third-order valence-corrected chi connectivity index (χ3v) is 3.63. The second kappa shape index (κ2) is 8.86. The molecule has 0 aliphatic carbocycles. The van der Waals surface area contributed by atoms with E-state index < -0.39 is 0 Å². The molecule has 4 heteroatoms. The largest absolute Gasteiger partial charge is 0.375 e. The average Bonchev–Trinajstić information content (AvgIpc) is 2.38. The van der Waals surface area contributed by atoms with Crippen LogP contribution in [0.15, 0.2) is 24.3 Å². The van der Waals surface area contributed by atoms with E-state index in [0.29, 0.717) is 5.56 Å². The molecule has 0 heterocycles. The van der Waals surface area contributed by atoms with Gasteiger partial charge in [0.25, 0.3) is 5.91 Å². The lowest BCUT2D eigenvalue weighted by Crippen LogP contribution is -2.14. The maximum absolute atomic E-state index is 11.2. The molecule has 3 nitrogen and oxygen atoms in total. The molecule has 0 aromatic heterocycles. The van der Waals surface area contributed by atoms with Gasteiger partial charge in [0.05, 0.1) is 11.4 Å². The average molecular weight is 266 g/mol.